The summed E-state index contributed by atoms with van der Waals surface area (Å²) in [5, 5.41) is 4.58. The Morgan fingerprint density at radius 2 is 1.57 bits per heavy atom. The number of nitrogens with zero attached hydrogens (tertiary/aromatic N) is 1. The van der Waals surface area contributed by atoms with Gasteiger partial charge in [-0.05, 0) is 78.1 Å². The first-order valence-electron chi connectivity index (χ1n) is 11.3. The molecule has 184 valence electrons. The molecule has 0 aromatic heterocycles. The summed E-state index contributed by atoms with van der Waals surface area (Å²) in [7, 11) is 6.58. The normalized spacial score (nSPS) is 14.7. The number of thiocarbonyl (C=S) groups is 1. The summed E-state index contributed by atoms with van der Waals surface area (Å²) in [6.45, 7) is 0.747. The molecule has 6 nitrogen and oxygen atoms in total. The fourth-order valence-corrected chi connectivity index (χ4v) is 4.98. The van der Waals surface area contributed by atoms with Gasteiger partial charge in [0, 0.05) is 6.54 Å². The number of anilines is 1. The van der Waals surface area contributed by atoms with Crippen molar-refractivity contribution in [3.63, 3.8) is 0 Å². The van der Waals surface area contributed by atoms with E-state index >= 15 is 0 Å². The van der Waals surface area contributed by atoms with E-state index in [9.17, 15) is 0 Å². The lowest BCUT2D eigenvalue weighted by Gasteiger charge is -2.39. The van der Waals surface area contributed by atoms with Gasteiger partial charge in [-0.3, -0.25) is 0 Å². The second-order valence-electron chi connectivity index (χ2n) is 8.17. The van der Waals surface area contributed by atoms with Crippen LogP contribution in [0.25, 0.3) is 0 Å². The van der Waals surface area contributed by atoms with Gasteiger partial charge in [0.1, 0.15) is 0 Å². The van der Waals surface area contributed by atoms with Gasteiger partial charge in [-0.15, -0.1) is 0 Å². The summed E-state index contributed by atoms with van der Waals surface area (Å²) < 4.78 is 22.1. The predicted molar refractivity (Wildman–Crippen MR) is 144 cm³/mol. The Bertz CT molecular complexity index is 1220. The van der Waals surface area contributed by atoms with Gasteiger partial charge in [0.2, 0.25) is 0 Å². The molecule has 0 radical (unpaired) electrons. The van der Waals surface area contributed by atoms with E-state index in [4.69, 9.17) is 42.8 Å². The molecule has 0 fully saturated rings. The maximum absolute atomic E-state index is 6.39. The zero-order chi connectivity index (χ0) is 24.9. The Labute approximate surface area is 216 Å². The number of para-hydroxylation sites is 1. The molecular formula is C27H29ClN2O4S. The van der Waals surface area contributed by atoms with E-state index in [-0.39, 0.29) is 6.04 Å². The zero-order valence-corrected chi connectivity index (χ0v) is 21.8. The monoisotopic (exact) mass is 512 g/mol. The van der Waals surface area contributed by atoms with Crippen LogP contribution in [0.3, 0.4) is 0 Å². The Kier molecular flexibility index (Phi) is 7.88. The van der Waals surface area contributed by atoms with Crippen molar-refractivity contribution in [1.29, 1.82) is 0 Å². The third kappa shape index (κ3) is 5.26. The molecule has 0 bridgehead atoms. The average Bonchev–Trinajstić information content (AvgIpc) is 2.89. The molecule has 1 aliphatic rings. The van der Waals surface area contributed by atoms with Gasteiger partial charge in [-0.1, -0.05) is 29.8 Å². The highest BCUT2D eigenvalue weighted by molar-refractivity contribution is 7.80. The lowest BCUT2D eigenvalue weighted by Crippen LogP contribution is -2.43. The fraction of sp³-hybridized carbons (Fsp3) is 0.296. The number of hydrogen-bond donors (Lipinski definition) is 1. The van der Waals surface area contributed by atoms with Crippen molar-refractivity contribution in [3.05, 3.63) is 76.3 Å². The summed E-state index contributed by atoms with van der Waals surface area (Å²) in [4.78, 5) is 2.21. The second-order valence-corrected chi connectivity index (χ2v) is 8.96. The maximum atomic E-state index is 6.39. The number of methoxy groups -OCH3 is 4. The van der Waals surface area contributed by atoms with E-state index in [1.165, 1.54) is 5.56 Å². The van der Waals surface area contributed by atoms with Crippen molar-refractivity contribution >= 4 is 34.6 Å². The first kappa shape index (κ1) is 24.9. The molecule has 0 unspecified atom stereocenters. The molecular weight excluding hydrogens is 484 g/mol. The standard InChI is InChI=1S/C27H29ClN2O4S/c1-31-23-10-9-17(14-24(23)32-2)13-22-19-16-26(34-4)25(33-3)15-18(19)11-12-30(22)27(35)29-21-8-6-5-7-20(21)28/h5-10,14-16,22H,11-13H2,1-4H3,(H,29,35)/t22-/m0/s1. The average molecular weight is 513 g/mol. The van der Waals surface area contributed by atoms with E-state index in [1.807, 2.05) is 36.4 Å². The van der Waals surface area contributed by atoms with Gasteiger partial charge in [0.15, 0.2) is 28.1 Å². The van der Waals surface area contributed by atoms with Gasteiger partial charge in [-0.2, -0.15) is 0 Å². The van der Waals surface area contributed by atoms with Crippen molar-refractivity contribution in [1.82, 2.24) is 4.90 Å². The fourth-order valence-electron chi connectivity index (χ4n) is 4.47. The Balaban J connectivity index is 1.73. The summed E-state index contributed by atoms with van der Waals surface area (Å²) >= 11 is 12.3. The molecule has 3 aromatic carbocycles. The van der Waals surface area contributed by atoms with Gasteiger partial charge >= 0.3 is 0 Å². The third-order valence-electron chi connectivity index (χ3n) is 6.26. The molecule has 0 saturated heterocycles. The third-order valence-corrected chi connectivity index (χ3v) is 6.92. The molecule has 0 aliphatic carbocycles. The van der Waals surface area contributed by atoms with Crippen molar-refractivity contribution in [2.75, 3.05) is 40.3 Å². The van der Waals surface area contributed by atoms with Crippen LogP contribution in [0, 0.1) is 0 Å². The predicted octanol–water partition coefficient (Wildman–Crippen LogP) is 5.91. The van der Waals surface area contributed by atoms with Crippen LogP contribution >= 0.6 is 23.8 Å². The Hall–Kier alpha value is -3.16. The first-order valence-corrected chi connectivity index (χ1v) is 12.1. The number of fused-ring (bicyclic) bond motifs is 1. The number of hydrogen-bond acceptors (Lipinski definition) is 5. The van der Waals surface area contributed by atoms with Crippen molar-refractivity contribution in [3.8, 4) is 23.0 Å². The topological polar surface area (TPSA) is 52.2 Å². The van der Waals surface area contributed by atoms with Crippen LogP contribution in [0.4, 0.5) is 5.69 Å². The molecule has 4 rings (SSSR count). The highest BCUT2D eigenvalue weighted by Crippen LogP contribution is 2.40. The highest BCUT2D eigenvalue weighted by Gasteiger charge is 2.31. The molecule has 0 amide bonds. The van der Waals surface area contributed by atoms with E-state index in [1.54, 1.807) is 28.4 Å². The summed E-state index contributed by atoms with van der Waals surface area (Å²) in [5.41, 5.74) is 4.24. The summed E-state index contributed by atoms with van der Waals surface area (Å²) in [6, 6.07) is 17.7. The first-order chi connectivity index (χ1) is 17.0. The highest BCUT2D eigenvalue weighted by atomic mass is 35.5. The smallest absolute Gasteiger partial charge is 0.174 e. The van der Waals surface area contributed by atoms with Crippen molar-refractivity contribution < 1.29 is 18.9 Å². The molecule has 0 saturated carbocycles. The Morgan fingerprint density at radius 1 is 0.914 bits per heavy atom. The maximum Gasteiger partial charge on any atom is 0.174 e. The van der Waals surface area contributed by atoms with Crippen molar-refractivity contribution in [2.24, 2.45) is 0 Å². The molecule has 1 N–H and O–H groups in total. The van der Waals surface area contributed by atoms with E-state index in [0.717, 1.165) is 35.5 Å². The lowest BCUT2D eigenvalue weighted by molar-refractivity contribution is 0.295. The van der Waals surface area contributed by atoms with Gasteiger partial charge in [0.05, 0.1) is 45.2 Å². The number of halogens is 1. The number of ether oxygens (including phenoxy) is 4. The van der Waals surface area contributed by atoms with Crippen LogP contribution in [0.2, 0.25) is 5.02 Å². The van der Waals surface area contributed by atoms with Crippen LogP contribution in [0.1, 0.15) is 22.7 Å². The van der Waals surface area contributed by atoms with Gasteiger partial charge in [0.25, 0.3) is 0 Å². The van der Waals surface area contributed by atoms with E-state index < -0.39 is 0 Å². The molecule has 1 aliphatic heterocycles. The molecule has 0 spiro atoms. The van der Waals surface area contributed by atoms with E-state index in [2.05, 4.69) is 28.4 Å². The summed E-state index contributed by atoms with van der Waals surface area (Å²) in [5.74, 6) is 2.80. The van der Waals surface area contributed by atoms with Crippen molar-refractivity contribution in [2.45, 2.75) is 18.9 Å². The largest absolute Gasteiger partial charge is 0.493 e. The molecule has 35 heavy (non-hydrogen) atoms. The van der Waals surface area contributed by atoms with Crippen LogP contribution in [-0.2, 0) is 12.8 Å². The van der Waals surface area contributed by atoms with Crippen LogP contribution in [0.5, 0.6) is 23.0 Å². The second kappa shape index (κ2) is 11.1. The van der Waals surface area contributed by atoms with Crippen LogP contribution in [-0.4, -0.2) is 45.0 Å². The number of benzene rings is 3. The minimum absolute atomic E-state index is 0.0425. The van der Waals surface area contributed by atoms with Crippen LogP contribution < -0.4 is 24.3 Å². The minimum atomic E-state index is -0.0425. The lowest BCUT2D eigenvalue weighted by atomic mass is 9.88. The molecule has 3 aromatic rings. The number of nitrogens with one attached hydrogen (secondary N) is 1. The quantitative estimate of drug-likeness (QED) is 0.395. The summed E-state index contributed by atoms with van der Waals surface area (Å²) in [6.07, 6.45) is 1.52. The molecule has 8 heteroatoms. The van der Waals surface area contributed by atoms with Gasteiger partial charge < -0.3 is 29.2 Å². The zero-order valence-electron chi connectivity index (χ0n) is 20.3. The number of rotatable bonds is 7. The molecule has 1 heterocycles. The SMILES string of the molecule is COc1ccc(C[C@H]2c3cc(OC)c(OC)cc3CCN2C(=S)Nc2ccccc2Cl)cc1OC. The Morgan fingerprint density at radius 3 is 2.26 bits per heavy atom. The van der Waals surface area contributed by atoms with E-state index in [0.29, 0.717) is 33.8 Å². The van der Waals surface area contributed by atoms with Gasteiger partial charge in [-0.25, -0.2) is 0 Å². The van der Waals surface area contributed by atoms with Crippen LogP contribution in [0.15, 0.2) is 54.6 Å². The minimum Gasteiger partial charge on any atom is -0.493 e. The molecule has 1 atom stereocenters.